The summed E-state index contributed by atoms with van der Waals surface area (Å²) in [5, 5.41) is 14.0. The van der Waals surface area contributed by atoms with Gasteiger partial charge in [0, 0.05) is 49.6 Å². The summed E-state index contributed by atoms with van der Waals surface area (Å²) in [5.41, 5.74) is 1.61. The molecule has 10 heteroatoms. The van der Waals surface area contributed by atoms with Crippen LogP contribution >= 0.6 is 15.9 Å². The molecular weight excluding hydrogens is 486 g/mol. The molecule has 4 aromatic rings. The molecule has 1 aliphatic rings. The number of ether oxygens (including phenoxy) is 1. The quantitative estimate of drug-likeness (QED) is 0.367. The Bertz CT molecular complexity index is 1310. The van der Waals surface area contributed by atoms with Crippen LogP contribution in [0.3, 0.4) is 0 Å². The molecule has 0 aliphatic heterocycles. The minimum absolute atomic E-state index is 0.00477. The van der Waals surface area contributed by atoms with Gasteiger partial charge in [-0.25, -0.2) is 9.67 Å². The van der Waals surface area contributed by atoms with Gasteiger partial charge >= 0.3 is 0 Å². The van der Waals surface area contributed by atoms with E-state index in [1.165, 1.54) is 0 Å². The molecular formula is C23H24BrN7O2. The van der Waals surface area contributed by atoms with Crippen LogP contribution < -0.4 is 10.6 Å². The number of rotatable bonds is 7. The van der Waals surface area contributed by atoms with Crippen molar-refractivity contribution in [1.29, 1.82) is 0 Å². The van der Waals surface area contributed by atoms with Crippen molar-refractivity contribution in [2.75, 3.05) is 25.6 Å². The van der Waals surface area contributed by atoms with Crippen LogP contribution in [-0.4, -0.2) is 56.9 Å². The molecule has 2 N–H and O–H groups in total. The Morgan fingerprint density at radius 1 is 1.24 bits per heavy atom. The summed E-state index contributed by atoms with van der Waals surface area (Å²) in [7, 11) is 1.63. The fourth-order valence-electron chi connectivity index (χ4n) is 4.27. The molecule has 1 fully saturated rings. The van der Waals surface area contributed by atoms with Crippen molar-refractivity contribution >= 4 is 49.6 Å². The number of anilines is 1. The summed E-state index contributed by atoms with van der Waals surface area (Å²) in [4.78, 5) is 25.8. The van der Waals surface area contributed by atoms with Gasteiger partial charge in [0.05, 0.1) is 17.7 Å². The highest BCUT2D eigenvalue weighted by molar-refractivity contribution is 9.10. The highest BCUT2D eigenvalue weighted by Gasteiger charge is 2.30. The van der Waals surface area contributed by atoms with Crippen LogP contribution in [0, 0.1) is 5.92 Å². The number of carbonyl (C=O) groups is 1. The highest BCUT2D eigenvalue weighted by Crippen LogP contribution is 2.30. The number of methoxy groups -OCH3 is 1. The molecule has 3 heterocycles. The second-order valence-corrected chi connectivity index (χ2v) is 8.93. The lowest BCUT2D eigenvalue weighted by Crippen LogP contribution is -2.32. The molecule has 0 saturated heterocycles. The lowest BCUT2D eigenvalue weighted by atomic mass is 10.1. The van der Waals surface area contributed by atoms with E-state index in [1.54, 1.807) is 19.5 Å². The molecule has 3 aromatic heterocycles. The normalized spacial score (nSPS) is 18.1. The monoisotopic (exact) mass is 509 g/mol. The van der Waals surface area contributed by atoms with Crippen molar-refractivity contribution in [2.45, 2.75) is 25.3 Å². The van der Waals surface area contributed by atoms with E-state index in [0.717, 1.165) is 41.1 Å². The van der Waals surface area contributed by atoms with Gasteiger partial charge in [0.2, 0.25) is 11.9 Å². The molecule has 2 atom stereocenters. The Kier molecular flexibility index (Phi) is 6.19. The van der Waals surface area contributed by atoms with E-state index in [2.05, 4.69) is 47.7 Å². The number of hydrogen-bond acceptors (Lipinski definition) is 7. The predicted molar refractivity (Wildman–Crippen MR) is 129 cm³/mol. The third-order valence-corrected chi connectivity index (χ3v) is 6.58. The second kappa shape index (κ2) is 9.40. The van der Waals surface area contributed by atoms with Gasteiger partial charge in [-0.3, -0.25) is 9.78 Å². The molecule has 0 spiro atoms. The highest BCUT2D eigenvalue weighted by atomic mass is 79.9. The van der Waals surface area contributed by atoms with Crippen molar-refractivity contribution in [2.24, 2.45) is 5.92 Å². The molecule has 1 amide bonds. The topological polar surface area (TPSA) is 107 Å². The number of carbonyl (C=O) groups excluding carboxylic acids is 1. The van der Waals surface area contributed by atoms with Gasteiger partial charge in [-0.05, 0) is 58.8 Å². The number of pyridine rings is 1. The van der Waals surface area contributed by atoms with Crippen molar-refractivity contribution in [3.05, 3.63) is 47.5 Å². The van der Waals surface area contributed by atoms with Gasteiger partial charge in [0.1, 0.15) is 4.60 Å². The van der Waals surface area contributed by atoms with Crippen LogP contribution in [0.25, 0.3) is 27.5 Å². The maximum atomic E-state index is 12.3. The Labute approximate surface area is 199 Å². The molecule has 0 bridgehead atoms. The van der Waals surface area contributed by atoms with Crippen molar-refractivity contribution in [3.8, 4) is 5.69 Å². The molecule has 1 saturated carbocycles. The Hall–Kier alpha value is -3.11. The second-order valence-electron chi connectivity index (χ2n) is 8.18. The fraction of sp³-hybridized carbons (Fsp3) is 0.348. The van der Waals surface area contributed by atoms with Crippen molar-refractivity contribution < 1.29 is 9.53 Å². The molecule has 5 rings (SSSR count). The molecule has 1 aliphatic carbocycles. The van der Waals surface area contributed by atoms with Gasteiger partial charge in [-0.2, -0.15) is 10.1 Å². The standard InChI is InChI=1S/C23H24BrN7O2/c1-33-9-8-26-22(32)15-2-4-17(10-15)28-23-27-13-19-20(24)30-31(21(19)29-23)18-5-3-16-12-25-7-6-14(16)11-18/h3,5-7,11-13,15,17H,2,4,8-10H2,1H3,(H,26,32)(H,27,28,29)/t15-,17-/m1/s1. The molecule has 33 heavy (non-hydrogen) atoms. The first-order valence-electron chi connectivity index (χ1n) is 10.9. The fourth-order valence-corrected chi connectivity index (χ4v) is 4.71. The maximum Gasteiger partial charge on any atom is 0.224 e. The number of amides is 1. The van der Waals surface area contributed by atoms with Gasteiger partial charge < -0.3 is 15.4 Å². The zero-order valence-corrected chi connectivity index (χ0v) is 19.7. The van der Waals surface area contributed by atoms with E-state index >= 15 is 0 Å². The van der Waals surface area contributed by atoms with Crippen molar-refractivity contribution in [3.63, 3.8) is 0 Å². The third kappa shape index (κ3) is 4.53. The molecule has 0 unspecified atom stereocenters. The summed E-state index contributed by atoms with van der Waals surface area (Å²) >= 11 is 3.53. The summed E-state index contributed by atoms with van der Waals surface area (Å²) in [5.74, 6) is 0.614. The lowest BCUT2D eigenvalue weighted by Gasteiger charge is -2.14. The zero-order chi connectivity index (χ0) is 22.8. The van der Waals surface area contributed by atoms with Crippen LogP contribution in [0.4, 0.5) is 5.95 Å². The molecule has 1 aromatic carbocycles. The lowest BCUT2D eigenvalue weighted by molar-refractivity contribution is -0.125. The number of halogens is 1. The Morgan fingerprint density at radius 3 is 3.03 bits per heavy atom. The van der Waals surface area contributed by atoms with Crippen LogP contribution in [-0.2, 0) is 9.53 Å². The summed E-state index contributed by atoms with van der Waals surface area (Å²) in [6, 6.07) is 8.21. The first-order valence-corrected chi connectivity index (χ1v) is 11.7. The Morgan fingerprint density at radius 2 is 2.15 bits per heavy atom. The summed E-state index contributed by atoms with van der Waals surface area (Å²) < 4.78 is 7.50. The van der Waals surface area contributed by atoms with Crippen LogP contribution in [0.5, 0.6) is 0 Å². The van der Waals surface area contributed by atoms with Gasteiger partial charge in [0.25, 0.3) is 0 Å². The van der Waals surface area contributed by atoms with Gasteiger partial charge in [0.15, 0.2) is 5.65 Å². The first kappa shape index (κ1) is 21.7. The average molecular weight is 510 g/mol. The zero-order valence-electron chi connectivity index (χ0n) is 18.2. The predicted octanol–water partition coefficient (Wildman–Crippen LogP) is 3.47. The van der Waals surface area contributed by atoms with E-state index in [4.69, 9.17) is 9.72 Å². The Balaban J connectivity index is 1.36. The summed E-state index contributed by atoms with van der Waals surface area (Å²) in [6.45, 7) is 1.05. The van der Waals surface area contributed by atoms with E-state index in [9.17, 15) is 4.79 Å². The maximum absolute atomic E-state index is 12.3. The van der Waals surface area contributed by atoms with Crippen LogP contribution in [0.1, 0.15) is 19.3 Å². The van der Waals surface area contributed by atoms with E-state index in [0.29, 0.717) is 29.4 Å². The van der Waals surface area contributed by atoms with Crippen LogP contribution in [0.2, 0.25) is 0 Å². The minimum Gasteiger partial charge on any atom is -0.383 e. The average Bonchev–Trinajstić information content (AvgIpc) is 3.43. The number of hydrogen-bond donors (Lipinski definition) is 2. The van der Waals surface area contributed by atoms with Gasteiger partial charge in [-0.15, -0.1) is 0 Å². The smallest absolute Gasteiger partial charge is 0.224 e. The largest absolute Gasteiger partial charge is 0.383 e. The first-order chi connectivity index (χ1) is 16.1. The number of nitrogens with one attached hydrogen (secondary N) is 2. The number of aromatic nitrogens is 5. The van der Waals surface area contributed by atoms with E-state index in [-0.39, 0.29) is 17.9 Å². The number of benzene rings is 1. The third-order valence-electron chi connectivity index (χ3n) is 5.99. The molecule has 170 valence electrons. The molecule has 0 radical (unpaired) electrons. The molecule has 9 nitrogen and oxygen atoms in total. The SMILES string of the molecule is COCCNC(=O)[C@@H]1CC[C@@H](Nc2ncc3c(Br)nn(-c4ccc5cnccc5c4)c3n2)C1. The summed E-state index contributed by atoms with van der Waals surface area (Å²) in [6.07, 6.45) is 7.88. The van der Waals surface area contributed by atoms with Crippen molar-refractivity contribution in [1.82, 2.24) is 30.0 Å². The van der Waals surface area contributed by atoms with E-state index in [1.807, 2.05) is 29.1 Å². The number of nitrogens with zero attached hydrogens (tertiary/aromatic N) is 5. The van der Waals surface area contributed by atoms with E-state index < -0.39 is 0 Å². The minimum atomic E-state index is -0.00477. The van der Waals surface area contributed by atoms with Crippen LogP contribution in [0.15, 0.2) is 47.5 Å². The van der Waals surface area contributed by atoms with Gasteiger partial charge in [-0.1, -0.05) is 6.07 Å². The number of fused-ring (bicyclic) bond motifs is 2.